The van der Waals surface area contributed by atoms with E-state index in [1.54, 1.807) is 20.8 Å². The molecule has 0 radical (unpaired) electrons. The van der Waals surface area contributed by atoms with Gasteiger partial charge in [0.25, 0.3) is 5.91 Å². The number of halogens is 2. The van der Waals surface area contributed by atoms with Crippen molar-refractivity contribution in [3.8, 4) is 0 Å². The highest BCUT2D eigenvalue weighted by atomic mass is 19.1. The quantitative estimate of drug-likeness (QED) is 0.249. The number of hydrazine groups is 1. The van der Waals surface area contributed by atoms with Gasteiger partial charge in [-0.05, 0) is 47.9 Å². The average molecular weight is 675 g/mol. The van der Waals surface area contributed by atoms with Crippen LogP contribution in [-0.2, 0) is 36.7 Å². The van der Waals surface area contributed by atoms with Gasteiger partial charge in [0.1, 0.15) is 23.8 Å². The Hall–Kier alpha value is -3.85. The molecule has 48 heavy (non-hydrogen) atoms. The summed E-state index contributed by atoms with van der Waals surface area (Å²) in [6.07, 6.45) is -2.80. The van der Waals surface area contributed by atoms with Crippen LogP contribution >= 0.6 is 0 Å². The Balaban J connectivity index is 1.35. The summed E-state index contributed by atoms with van der Waals surface area (Å²) in [6, 6.07) is 9.99. The Labute approximate surface area is 278 Å². The van der Waals surface area contributed by atoms with Crippen LogP contribution in [-0.4, -0.2) is 85.2 Å². The molecular formula is C34H44F2N4O8. The van der Waals surface area contributed by atoms with Crippen LogP contribution in [0.5, 0.6) is 0 Å². The van der Waals surface area contributed by atoms with Crippen molar-refractivity contribution in [3.05, 3.63) is 71.3 Å². The molecule has 262 valence electrons. The number of amides is 3. The molecule has 3 bridgehead atoms. The zero-order chi connectivity index (χ0) is 34.6. The number of methoxy groups -OCH3 is 1. The number of benzene rings is 2. The molecule has 1 saturated carbocycles. The third-order valence-corrected chi connectivity index (χ3v) is 9.00. The van der Waals surface area contributed by atoms with Crippen molar-refractivity contribution in [2.24, 2.45) is 17.3 Å². The lowest BCUT2D eigenvalue weighted by atomic mass is 9.78. The summed E-state index contributed by atoms with van der Waals surface area (Å²) in [4.78, 5) is 39.0. The Morgan fingerprint density at radius 3 is 2.38 bits per heavy atom. The van der Waals surface area contributed by atoms with Crippen LogP contribution in [0, 0.1) is 28.9 Å². The number of aliphatic hydroxyl groups excluding tert-OH is 1. The molecule has 3 amide bonds. The monoisotopic (exact) mass is 674 g/mol. The Morgan fingerprint density at radius 1 is 1.00 bits per heavy atom. The van der Waals surface area contributed by atoms with Crippen molar-refractivity contribution in [3.63, 3.8) is 0 Å². The number of aliphatic hydroxyl groups is 1. The molecule has 0 aromatic heterocycles. The van der Waals surface area contributed by atoms with Gasteiger partial charge in [0.2, 0.25) is 0 Å². The highest BCUT2D eigenvalue weighted by molar-refractivity contribution is 5.86. The van der Waals surface area contributed by atoms with Crippen LogP contribution in [0.3, 0.4) is 0 Å². The van der Waals surface area contributed by atoms with E-state index in [1.165, 1.54) is 12.1 Å². The van der Waals surface area contributed by atoms with Crippen molar-refractivity contribution in [2.75, 3.05) is 20.3 Å². The third-order valence-electron chi connectivity index (χ3n) is 9.00. The minimum atomic E-state index is -1.38. The first-order valence-electron chi connectivity index (χ1n) is 16.1. The van der Waals surface area contributed by atoms with E-state index in [-0.39, 0.29) is 49.3 Å². The molecule has 5 unspecified atom stereocenters. The number of carbonyl (C=O) groups excluding carboxylic acids is 3. The molecule has 3 fully saturated rings. The van der Waals surface area contributed by atoms with Gasteiger partial charge >= 0.3 is 12.2 Å². The van der Waals surface area contributed by atoms with Gasteiger partial charge in [0.15, 0.2) is 6.29 Å². The van der Waals surface area contributed by atoms with E-state index < -0.39 is 59.4 Å². The van der Waals surface area contributed by atoms with Crippen molar-refractivity contribution >= 4 is 18.1 Å². The molecule has 8 atom stereocenters. The van der Waals surface area contributed by atoms with Crippen molar-refractivity contribution in [1.29, 1.82) is 0 Å². The van der Waals surface area contributed by atoms with Gasteiger partial charge in [-0.25, -0.2) is 23.4 Å². The van der Waals surface area contributed by atoms with Crippen LogP contribution in [0.2, 0.25) is 0 Å². The summed E-state index contributed by atoms with van der Waals surface area (Å²) in [7, 11) is 1.19. The standard InChI is InChI=1S/C34H44F2N4O8/c1-34(2,3)29(38-32(43)45-4)30(42)39-40(16-19-8-6-5-7-9-19)17-26(41)25(12-20-10-23(35)15-24(36)11-20)37-33(44)48-28-22-13-21-14-27(28)47-31(21)46-18-22/h5-11,15,21-22,25-29,31,41H,12-14,16-18H2,1-4H3,(H,37,44)(H,38,43)(H,39,42)/t21?,22?,25-,26+,27?,28-,29?,31?/m0/s1. The van der Waals surface area contributed by atoms with Crippen molar-refractivity contribution in [2.45, 2.75) is 83.3 Å². The zero-order valence-corrected chi connectivity index (χ0v) is 27.5. The van der Waals surface area contributed by atoms with Crippen LogP contribution in [0.15, 0.2) is 48.5 Å². The summed E-state index contributed by atoms with van der Waals surface area (Å²) in [5, 5.41) is 18.3. The number of nitrogens with one attached hydrogen (secondary N) is 3. The predicted octanol–water partition coefficient (Wildman–Crippen LogP) is 3.42. The van der Waals surface area contributed by atoms with E-state index in [2.05, 4.69) is 16.1 Å². The van der Waals surface area contributed by atoms with Crippen LogP contribution in [0.4, 0.5) is 18.4 Å². The number of ether oxygens (including phenoxy) is 4. The fourth-order valence-electron chi connectivity index (χ4n) is 6.68. The Bertz CT molecular complexity index is 1420. The zero-order valence-electron chi connectivity index (χ0n) is 27.5. The minimum Gasteiger partial charge on any atom is -0.453 e. The van der Waals surface area contributed by atoms with Gasteiger partial charge in [-0.2, -0.15) is 0 Å². The summed E-state index contributed by atoms with van der Waals surface area (Å²) >= 11 is 0. The topological polar surface area (TPSA) is 148 Å². The maximum atomic E-state index is 14.2. The number of rotatable bonds is 12. The Kier molecular flexibility index (Phi) is 11.2. The second-order valence-corrected chi connectivity index (χ2v) is 13.8. The predicted molar refractivity (Wildman–Crippen MR) is 168 cm³/mol. The summed E-state index contributed by atoms with van der Waals surface area (Å²) < 4.78 is 50.6. The lowest BCUT2D eigenvalue weighted by Gasteiger charge is -2.37. The average Bonchev–Trinajstić information content (AvgIpc) is 3.31. The fourth-order valence-corrected chi connectivity index (χ4v) is 6.68. The van der Waals surface area contributed by atoms with Crippen LogP contribution in [0.1, 0.15) is 44.7 Å². The molecular weight excluding hydrogens is 630 g/mol. The Morgan fingerprint density at radius 2 is 1.71 bits per heavy atom. The second kappa shape index (κ2) is 15.1. The maximum Gasteiger partial charge on any atom is 0.407 e. The lowest BCUT2D eigenvalue weighted by molar-refractivity contribution is -0.153. The van der Waals surface area contributed by atoms with Crippen LogP contribution in [0.25, 0.3) is 0 Å². The number of nitrogens with zero attached hydrogens (tertiary/aromatic N) is 1. The molecule has 2 aliphatic heterocycles. The molecule has 12 nitrogen and oxygen atoms in total. The SMILES string of the molecule is COC(=O)NC(C(=O)NN(Cc1ccccc1)C[C@@H](O)[C@H](Cc1cc(F)cc(F)c1)NC(=O)O[C@H]1C2COC3OC1CC3C2)C(C)(C)C. The molecule has 2 heterocycles. The maximum absolute atomic E-state index is 14.2. The third kappa shape index (κ3) is 8.98. The number of alkyl carbamates (subject to hydrolysis) is 2. The summed E-state index contributed by atoms with van der Waals surface area (Å²) in [5.41, 5.74) is 3.05. The molecule has 2 aromatic rings. The first-order chi connectivity index (χ1) is 22.8. The number of hydrogen-bond acceptors (Lipinski definition) is 9. The van der Waals surface area contributed by atoms with E-state index in [4.69, 9.17) is 18.9 Å². The molecule has 1 aliphatic carbocycles. The summed E-state index contributed by atoms with van der Waals surface area (Å²) in [5.74, 6) is -1.96. The molecule has 0 spiro atoms. The minimum absolute atomic E-state index is 0.0372. The van der Waals surface area contributed by atoms with E-state index in [0.717, 1.165) is 30.2 Å². The molecule has 14 heteroatoms. The second-order valence-electron chi connectivity index (χ2n) is 13.8. The van der Waals surface area contributed by atoms with E-state index in [0.29, 0.717) is 13.0 Å². The first-order valence-corrected chi connectivity index (χ1v) is 16.1. The molecule has 2 aromatic carbocycles. The van der Waals surface area contributed by atoms with Gasteiger partial charge in [-0.3, -0.25) is 10.2 Å². The largest absolute Gasteiger partial charge is 0.453 e. The lowest BCUT2D eigenvalue weighted by Crippen LogP contribution is -2.59. The van der Waals surface area contributed by atoms with Gasteiger partial charge < -0.3 is 34.7 Å². The van der Waals surface area contributed by atoms with E-state index in [9.17, 15) is 28.3 Å². The van der Waals surface area contributed by atoms with Gasteiger partial charge in [-0.15, -0.1) is 0 Å². The highest BCUT2D eigenvalue weighted by Gasteiger charge is 2.53. The molecule has 5 rings (SSSR count). The van der Waals surface area contributed by atoms with Gasteiger partial charge in [-0.1, -0.05) is 51.1 Å². The van der Waals surface area contributed by atoms with Gasteiger partial charge in [0.05, 0.1) is 32.0 Å². The fraction of sp³-hybridized carbons (Fsp3) is 0.559. The first kappa shape index (κ1) is 35.5. The van der Waals surface area contributed by atoms with E-state index in [1.807, 2.05) is 30.3 Å². The highest BCUT2D eigenvalue weighted by Crippen LogP contribution is 2.46. The number of carbonyl (C=O) groups is 3. The molecule has 4 N–H and O–H groups in total. The van der Waals surface area contributed by atoms with Crippen LogP contribution < -0.4 is 16.1 Å². The van der Waals surface area contributed by atoms with Crippen molar-refractivity contribution < 1.29 is 47.2 Å². The van der Waals surface area contributed by atoms with E-state index >= 15 is 0 Å². The normalized spacial score (nSPS) is 24.8. The molecule has 2 saturated heterocycles. The summed E-state index contributed by atoms with van der Waals surface area (Å²) in [6.45, 7) is 5.62. The number of fused-ring (bicyclic) bond motifs is 2. The number of hydrogen-bond donors (Lipinski definition) is 4. The smallest absolute Gasteiger partial charge is 0.407 e. The molecule has 3 aliphatic rings. The van der Waals surface area contributed by atoms with Gasteiger partial charge in [0, 0.05) is 31.0 Å². The van der Waals surface area contributed by atoms with Crippen molar-refractivity contribution in [1.82, 2.24) is 21.1 Å².